The van der Waals surface area contributed by atoms with Crippen molar-refractivity contribution in [3.05, 3.63) is 243 Å². The molecule has 3 heterocycles. The molecule has 9 N–H and O–H groups in total. The predicted molar refractivity (Wildman–Crippen MR) is 400 cm³/mol. The summed E-state index contributed by atoms with van der Waals surface area (Å²) in [5.41, 5.74) is -4.01. The summed E-state index contributed by atoms with van der Waals surface area (Å²) in [5, 5.41) is 35.7. The van der Waals surface area contributed by atoms with Gasteiger partial charge in [0, 0.05) is 86.0 Å². The van der Waals surface area contributed by atoms with Crippen LogP contribution in [0.4, 0.5) is 88.6 Å². The van der Waals surface area contributed by atoms with E-state index in [1.807, 2.05) is 0 Å². The molecule has 36 heteroatoms. The van der Waals surface area contributed by atoms with Gasteiger partial charge in [-0.05, 0) is 229 Å². The number of rotatable bonds is 19. The first-order chi connectivity index (χ1) is 51.7. The molecule has 1 saturated heterocycles. The highest BCUT2D eigenvalue weighted by molar-refractivity contribution is 9.10. The molecule has 2 aromatic heterocycles. The van der Waals surface area contributed by atoms with Gasteiger partial charge in [-0.25, -0.2) is 30.7 Å². The average molecular weight is 1680 g/mol. The fraction of sp³-hybridized carbons (Fsp3) is 0.303. The van der Waals surface area contributed by atoms with Crippen LogP contribution < -0.4 is 37.2 Å². The van der Waals surface area contributed by atoms with E-state index in [9.17, 15) is 95.7 Å². The van der Waals surface area contributed by atoms with E-state index in [2.05, 4.69) is 54.4 Å². The molecule has 1 fully saturated rings. The molecule has 1 aliphatic heterocycles. The molecule has 17 nitrogen and oxygen atoms in total. The molecule has 8 aromatic rings. The lowest BCUT2D eigenvalue weighted by molar-refractivity contribution is -0.148. The van der Waals surface area contributed by atoms with Gasteiger partial charge < -0.3 is 52.2 Å². The Bertz CT molecular complexity index is 4830. The molecular formula is C76H75BBrF15N8O9S2. The second-order valence-corrected chi connectivity index (χ2v) is 30.4. The number of benzene rings is 6. The molecule has 0 saturated carbocycles. The second-order valence-electron chi connectivity index (χ2n) is 27.6. The Morgan fingerprint density at radius 2 is 0.902 bits per heavy atom. The maximum Gasteiger partial charge on any atom is 0.359 e. The third-order valence-electron chi connectivity index (χ3n) is 15.8. The van der Waals surface area contributed by atoms with Crippen molar-refractivity contribution in [2.24, 2.45) is 0 Å². The summed E-state index contributed by atoms with van der Waals surface area (Å²) in [4.78, 5) is 85.5. The number of aliphatic hydroxyl groups is 1. The zero-order valence-corrected chi connectivity index (χ0v) is 64.7. The Hall–Kier alpha value is -10.0. The third-order valence-corrected chi connectivity index (χ3v) is 18.9. The van der Waals surface area contributed by atoms with Crippen molar-refractivity contribution in [1.82, 2.24) is 20.9 Å². The lowest BCUT2D eigenvalue weighted by atomic mass is 9.72. The Balaban J connectivity index is 0.000000233. The highest BCUT2D eigenvalue weighted by Crippen LogP contribution is 2.43. The van der Waals surface area contributed by atoms with E-state index in [0.717, 1.165) is 53.1 Å². The lowest BCUT2D eigenvalue weighted by Crippen LogP contribution is -2.47. The largest absolute Gasteiger partial charge is 0.449 e. The van der Waals surface area contributed by atoms with E-state index in [-0.39, 0.29) is 73.8 Å². The highest BCUT2D eigenvalue weighted by atomic mass is 79.9. The molecule has 0 atom stereocenters. The predicted octanol–water partition coefficient (Wildman–Crippen LogP) is 17.3. The monoisotopic (exact) mass is 1680 g/mol. The number of nitrogens with zero attached hydrogens (tertiary/aromatic N) is 1. The molecule has 0 unspecified atom stereocenters. The van der Waals surface area contributed by atoms with Gasteiger partial charge in [0.25, 0.3) is 41.4 Å². The number of carbonyl (C=O) groups excluding carboxylic acids is 7. The molecule has 6 aromatic carbocycles. The molecule has 112 heavy (non-hydrogen) atoms. The topological polar surface area (TPSA) is 247 Å². The molecule has 1 aliphatic rings. The summed E-state index contributed by atoms with van der Waals surface area (Å²) in [7, 11) is 0. The third kappa shape index (κ3) is 24.2. The summed E-state index contributed by atoms with van der Waals surface area (Å²) in [5.74, 6) is -29.4. The van der Waals surface area contributed by atoms with Crippen LogP contribution in [0.1, 0.15) is 138 Å². The van der Waals surface area contributed by atoms with Gasteiger partial charge in [0.1, 0.15) is 29.1 Å². The Morgan fingerprint density at radius 3 is 1.33 bits per heavy atom. The van der Waals surface area contributed by atoms with Crippen LogP contribution in [0.15, 0.2) is 137 Å². The van der Waals surface area contributed by atoms with Gasteiger partial charge >= 0.3 is 30.6 Å². The molecule has 600 valence electrons. The maximum atomic E-state index is 15.0. The number of thiophene rings is 2. The van der Waals surface area contributed by atoms with Crippen molar-refractivity contribution in [3.63, 3.8) is 0 Å². The normalized spacial score (nSPS) is 12.6. The quantitative estimate of drug-likeness (QED) is 0.0274. The minimum absolute atomic E-state index is 0.0120. The van der Waals surface area contributed by atoms with Gasteiger partial charge in [0.2, 0.25) is 0 Å². The van der Waals surface area contributed by atoms with E-state index in [1.165, 1.54) is 86.2 Å². The smallest absolute Gasteiger partial charge is 0.359 e. The van der Waals surface area contributed by atoms with E-state index in [0.29, 0.717) is 52.0 Å². The molecule has 0 aliphatic carbocycles. The Morgan fingerprint density at radius 1 is 0.500 bits per heavy atom. The van der Waals surface area contributed by atoms with Gasteiger partial charge in [0.15, 0.2) is 11.6 Å². The molecule has 7 amide bonds. The molecule has 9 rings (SSSR count). The molecule has 0 spiro atoms. The van der Waals surface area contributed by atoms with Crippen molar-refractivity contribution in [2.45, 2.75) is 130 Å². The van der Waals surface area contributed by atoms with Crippen molar-refractivity contribution in [3.8, 4) is 0 Å². The zero-order valence-electron chi connectivity index (χ0n) is 61.5. The van der Waals surface area contributed by atoms with Gasteiger partial charge in [-0.15, -0.1) is 22.7 Å². The number of carbonyl (C=O) groups is 7. The number of allylic oxidation sites excluding steroid dienone is 1. The fourth-order valence-electron chi connectivity index (χ4n) is 9.92. The van der Waals surface area contributed by atoms with E-state index in [1.54, 1.807) is 60.7 Å². The number of piperidine rings is 1. The summed E-state index contributed by atoms with van der Waals surface area (Å²) >= 11 is 4.31. The Labute approximate surface area is 650 Å². The van der Waals surface area contributed by atoms with Crippen molar-refractivity contribution in [2.75, 3.05) is 40.8 Å². The number of hydrogen-bond acceptors (Lipinski definition) is 12. The minimum Gasteiger partial charge on any atom is -0.449 e. The first-order valence-electron chi connectivity index (χ1n) is 33.5. The van der Waals surface area contributed by atoms with Gasteiger partial charge in [-0.2, -0.15) is 35.1 Å². The van der Waals surface area contributed by atoms with Crippen LogP contribution in [-0.4, -0.2) is 100 Å². The molecule has 0 bridgehead atoms. The van der Waals surface area contributed by atoms with Gasteiger partial charge in [-0.3, -0.25) is 33.6 Å². The van der Waals surface area contributed by atoms with Crippen LogP contribution in [0, 0.1) is 68.4 Å². The van der Waals surface area contributed by atoms with Gasteiger partial charge in [0.05, 0.1) is 37.6 Å². The van der Waals surface area contributed by atoms with Crippen molar-refractivity contribution >= 4 is 110 Å². The fourth-order valence-corrected chi connectivity index (χ4v) is 12.5. The Kier molecular flexibility index (Phi) is 30.1. The van der Waals surface area contributed by atoms with Crippen molar-refractivity contribution < 1.29 is 110 Å². The standard InChI is InChI=1S/C22H21F5N2O2.C18H17BF4N2O3.C18H18BrF3N2O2S.C18H19F3N2O2S/c1-12-9-15(11-19(24)20(12)25)28-21(31)14-3-4-18(23)17(10-14)22(26,27)13(2)29-7-5-16(30)6-8-29;1-10-7-12(4-6-14(10)20)25-16(26)11-3-5-15(21)13(8-11)18(22,23)17(27)24-9-19(2)28;1-9-7-10(5-6-12(9)20)23-15(25)13-8-11(19)14(27-13)18(21,22)16(26)24-17(2,3)4;1-10-7-12(5-6-13(10)19)22-15(24)14-8-11(9-26-14)18(20,21)16(25)23-17(2,3)4/h3-4,9-11,16,30H,2,5-8H2,1H3,(H,28,31);3-8,28H,9H2,1-2H3,(H,24,27)(H,25,26);5-8H,1-4H3,(H,23,25)(H,24,26);5-9H,1-4H3,(H,22,24)(H,23,25). The number of likely N-dealkylation sites (tertiary alicyclic amines) is 1. The van der Waals surface area contributed by atoms with Crippen molar-refractivity contribution in [1.29, 1.82) is 0 Å². The number of aliphatic hydroxyl groups excluding tert-OH is 1. The maximum absolute atomic E-state index is 15.0. The summed E-state index contributed by atoms with van der Waals surface area (Å²) < 4.78 is 211. The van der Waals surface area contributed by atoms with Crippen LogP contribution in [0.2, 0.25) is 6.82 Å². The van der Waals surface area contributed by atoms with E-state index >= 15 is 8.78 Å². The molecule has 0 radical (unpaired) electrons. The summed E-state index contributed by atoms with van der Waals surface area (Å²) in [6.45, 7) is 19.3. The zero-order chi connectivity index (χ0) is 84.2. The van der Waals surface area contributed by atoms with E-state index < -0.39 is 164 Å². The number of nitrogens with one attached hydrogen (secondary N) is 7. The number of hydrogen-bond donors (Lipinski definition) is 9. The van der Waals surface area contributed by atoms with Crippen LogP contribution in [0.3, 0.4) is 0 Å². The number of alkyl halides is 8. The van der Waals surface area contributed by atoms with Crippen LogP contribution in [0.5, 0.6) is 0 Å². The summed E-state index contributed by atoms with van der Waals surface area (Å²) in [6, 6.07) is 20.6. The van der Waals surface area contributed by atoms with Crippen LogP contribution >= 0.6 is 38.6 Å². The second kappa shape index (κ2) is 37.1. The van der Waals surface area contributed by atoms with Crippen LogP contribution in [-0.2, 0) is 38.1 Å². The number of aryl methyl sites for hydroxylation is 4. The first-order valence-corrected chi connectivity index (χ1v) is 36.0. The van der Waals surface area contributed by atoms with Gasteiger partial charge in [-0.1, -0.05) is 13.4 Å². The molecular weight excluding hydrogens is 1610 g/mol. The van der Waals surface area contributed by atoms with E-state index in [4.69, 9.17) is 5.02 Å². The first kappa shape index (κ1) is 90.8. The minimum atomic E-state index is -4.26. The summed E-state index contributed by atoms with van der Waals surface area (Å²) in [6.07, 6.45) is -0.456. The lowest BCUT2D eigenvalue weighted by Gasteiger charge is -2.36. The SMILES string of the molecule is C=C(N1CCC(O)CC1)C(F)(F)c1cc(C(=O)Nc2cc(C)c(F)c(F)c2)ccc1F.CB(O)CNC(=O)C(F)(F)c1cc(C(=O)Nc2ccc(F)c(C)c2)ccc1F.Cc1cc(NC(=O)c2cc(Br)c(C(F)(F)C(=O)NC(C)(C)C)s2)ccc1F.Cc1cc(NC(=O)c2cc(C(F)(F)C(=O)NC(C)(C)C)cs2)ccc1F. The average Bonchev–Trinajstić information content (AvgIpc) is 1.12. The number of amides is 7. The highest BCUT2D eigenvalue weighted by Gasteiger charge is 2.48. The van der Waals surface area contributed by atoms with Crippen LogP contribution in [0.25, 0.3) is 0 Å². The number of anilines is 4. The number of halogens is 16.